The van der Waals surface area contributed by atoms with Gasteiger partial charge < -0.3 is 19.8 Å². The summed E-state index contributed by atoms with van der Waals surface area (Å²) < 4.78 is 49.5. The zero-order valence-electron chi connectivity index (χ0n) is 15.7. The molecule has 0 saturated carbocycles. The lowest BCUT2D eigenvalue weighted by Crippen LogP contribution is -2.51. The number of aromatic nitrogens is 3. The molecule has 2 aromatic heterocycles. The third-order valence-electron chi connectivity index (χ3n) is 4.56. The Morgan fingerprint density at radius 3 is 2.63 bits per heavy atom. The largest absolute Gasteiger partial charge is 0.417 e. The first-order chi connectivity index (χ1) is 14.3. The molecule has 4 rings (SSSR count). The summed E-state index contributed by atoms with van der Waals surface area (Å²) in [4.78, 5) is 16.4. The number of nitrogens with zero attached hydrogens (tertiary/aromatic N) is 3. The number of nitrogens with one attached hydrogen (secondary N) is 2. The van der Waals surface area contributed by atoms with Gasteiger partial charge in [0, 0.05) is 18.4 Å². The van der Waals surface area contributed by atoms with E-state index in [4.69, 9.17) is 9.15 Å². The Hall–Kier alpha value is -3.47. The van der Waals surface area contributed by atoms with Gasteiger partial charge in [-0.2, -0.15) is 13.2 Å². The lowest BCUT2D eigenvalue weighted by molar-refractivity contribution is -0.156. The fourth-order valence-electron chi connectivity index (χ4n) is 2.89. The second kappa shape index (κ2) is 7.41. The second-order valence-corrected chi connectivity index (χ2v) is 6.65. The normalized spacial score (nSPS) is 19.4. The topological polar surface area (TPSA) is 102 Å². The summed E-state index contributed by atoms with van der Waals surface area (Å²) in [6.45, 7) is 2.22. The van der Waals surface area contributed by atoms with Crippen LogP contribution in [0.5, 0.6) is 0 Å². The van der Waals surface area contributed by atoms with E-state index in [9.17, 15) is 18.0 Å². The number of morpholine rings is 1. The third-order valence-corrected chi connectivity index (χ3v) is 4.56. The quantitative estimate of drug-likeness (QED) is 0.669. The predicted octanol–water partition coefficient (Wildman–Crippen LogP) is 3.26. The smallest absolute Gasteiger partial charge is 0.416 e. The number of carbonyl (C=O) groups excluding carboxylic acids is 1. The number of alkyl halides is 3. The summed E-state index contributed by atoms with van der Waals surface area (Å²) in [5, 5.41) is 13.5. The van der Waals surface area contributed by atoms with Crippen LogP contribution in [0.15, 0.2) is 47.0 Å². The Kier molecular flexibility index (Phi) is 4.90. The van der Waals surface area contributed by atoms with Crippen LogP contribution >= 0.6 is 0 Å². The van der Waals surface area contributed by atoms with Crippen molar-refractivity contribution in [3.63, 3.8) is 0 Å². The molecule has 1 amide bonds. The Bertz CT molecular complexity index is 1070. The summed E-state index contributed by atoms with van der Waals surface area (Å²) in [6.07, 6.45) is -2.91. The molecule has 2 N–H and O–H groups in total. The molecule has 8 nitrogen and oxygen atoms in total. The van der Waals surface area contributed by atoms with Gasteiger partial charge >= 0.3 is 6.18 Å². The summed E-state index contributed by atoms with van der Waals surface area (Å²) in [5.41, 5.74) is -1.36. The van der Waals surface area contributed by atoms with E-state index in [1.54, 1.807) is 12.1 Å². The maximum Gasteiger partial charge on any atom is 0.416 e. The van der Waals surface area contributed by atoms with Crippen molar-refractivity contribution in [2.24, 2.45) is 0 Å². The number of benzene rings is 1. The van der Waals surface area contributed by atoms with Gasteiger partial charge in [0.05, 0.1) is 17.7 Å². The minimum absolute atomic E-state index is 0.0148. The summed E-state index contributed by atoms with van der Waals surface area (Å²) >= 11 is 0. The number of hydrogen-bond donors (Lipinski definition) is 2. The van der Waals surface area contributed by atoms with E-state index in [0.717, 1.165) is 12.1 Å². The number of halogens is 3. The molecule has 3 heterocycles. The number of carbonyl (C=O) groups is 1. The monoisotopic (exact) mass is 419 g/mol. The molecule has 3 aromatic rings. The third kappa shape index (κ3) is 3.71. The summed E-state index contributed by atoms with van der Waals surface area (Å²) in [6, 6.07) is 7.82. The highest BCUT2D eigenvalue weighted by atomic mass is 19.4. The minimum atomic E-state index is -4.42. The number of rotatable bonds is 4. The zero-order chi connectivity index (χ0) is 21.4. The highest BCUT2D eigenvalue weighted by Crippen LogP contribution is 2.33. The van der Waals surface area contributed by atoms with Crippen molar-refractivity contribution in [3.05, 3.63) is 54.0 Å². The molecule has 0 radical (unpaired) electrons. The van der Waals surface area contributed by atoms with Gasteiger partial charge in [-0.3, -0.25) is 4.79 Å². The first kappa shape index (κ1) is 19.8. The maximum atomic E-state index is 12.7. The number of pyridine rings is 1. The Morgan fingerprint density at radius 1 is 1.17 bits per heavy atom. The second-order valence-electron chi connectivity index (χ2n) is 6.65. The van der Waals surface area contributed by atoms with Crippen LogP contribution in [0.2, 0.25) is 0 Å². The lowest BCUT2D eigenvalue weighted by Gasteiger charge is -2.29. The van der Waals surface area contributed by atoms with Crippen molar-refractivity contribution in [2.75, 3.05) is 18.5 Å². The van der Waals surface area contributed by atoms with Crippen LogP contribution in [-0.4, -0.2) is 34.2 Å². The van der Waals surface area contributed by atoms with Gasteiger partial charge in [0.25, 0.3) is 17.7 Å². The molecule has 156 valence electrons. The van der Waals surface area contributed by atoms with Crippen LogP contribution in [0.1, 0.15) is 18.4 Å². The summed E-state index contributed by atoms with van der Waals surface area (Å²) in [5.74, 6) is -0.0281. The Morgan fingerprint density at radius 2 is 1.93 bits per heavy atom. The molecule has 30 heavy (non-hydrogen) atoms. The molecule has 1 unspecified atom stereocenters. The molecular formula is C19H16F3N5O3. The highest BCUT2D eigenvalue weighted by molar-refractivity contribution is 5.85. The van der Waals surface area contributed by atoms with Gasteiger partial charge in [0.2, 0.25) is 5.60 Å². The SMILES string of the molecule is CC1(c2nnc(-c3cccnc3Nc3ccc(C(F)(F)F)cc3)o2)OCCNC1=O. The van der Waals surface area contributed by atoms with Crippen molar-refractivity contribution < 1.29 is 27.1 Å². The lowest BCUT2D eigenvalue weighted by atomic mass is 10.0. The van der Waals surface area contributed by atoms with Crippen molar-refractivity contribution in [3.8, 4) is 11.5 Å². The van der Waals surface area contributed by atoms with Gasteiger partial charge in [-0.1, -0.05) is 0 Å². The first-order valence-electron chi connectivity index (χ1n) is 8.93. The number of amides is 1. The molecular weight excluding hydrogens is 403 g/mol. The fourth-order valence-corrected chi connectivity index (χ4v) is 2.89. The van der Waals surface area contributed by atoms with Crippen molar-refractivity contribution in [2.45, 2.75) is 18.7 Å². The summed E-state index contributed by atoms with van der Waals surface area (Å²) in [7, 11) is 0. The molecule has 1 atom stereocenters. The zero-order valence-corrected chi connectivity index (χ0v) is 15.7. The average Bonchev–Trinajstić information content (AvgIpc) is 3.21. The van der Waals surface area contributed by atoms with Crippen LogP contribution in [0.25, 0.3) is 11.5 Å². The van der Waals surface area contributed by atoms with E-state index < -0.39 is 23.2 Å². The Labute approximate surface area is 168 Å². The molecule has 0 aliphatic carbocycles. The van der Waals surface area contributed by atoms with E-state index in [2.05, 4.69) is 25.8 Å². The van der Waals surface area contributed by atoms with Crippen molar-refractivity contribution in [1.82, 2.24) is 20.5 Å². The van der Waals surface area contributed by atoms with Gasteiger partial charge in [-0.15, -0.1) is 10.2 Å². The number of anilines is 2. The molecule has 1 aliphatic heterocycles. The predicted molar refractivity (Wildman–Crippen MR) is 98.6 cm³/mol. The van der Waals surface area contributed by atoms with Gasteiger partial charge in [0.1, 0.15) is 5.82 Å². The van der Waals surface area contributed by atoms with Gasteiger partial charge in [0.15, 0.2) is 0 Å². The van der Waals surface area contributed by atoms with E-state index in [-0.39, 0.29) is 11.8 Å². The van der Waals surface area contributed by atoms with Crippen molar-refractivity contribution >= 4 is 17.4 Å². The van der Waals surface area contributed by atoms with Crippen LogP contribution in [0.3, 0.4) is 0 Å². The minimum Gasteiger partial charge on any atom is -0.417 e. The van der Waals surface area contributed by atoms with Gasteiger partial charge in [-0.05, 0) is 43.3 Å². The van der Waals surface area contributed by atoms with Crippen LogP contribution in [0.4, 0.5) is 24.7 Å². The first-order valence-corrected chi connectivity index (χ1v) is 8.93. The van der Waals surface area contributed by atoms with Crippen LogP contribution in [-0.2, 0) is 21.3 Å². The molecule has 1 aliphatic rings. The van der Waals surface area contributed by atoms with Crippen molar-refractivity contribution in [1.29, 1.82) is 0 Å². The highest BCUT2D eigenvalue weighted by Gasteiger charge is 2.44. The maximum absolute atomic E-state index is 12.7. The average molecular weight is 419 g/mol. The van der Waals surface area contributed by atoms with E-state index >= 15 is 0 Å². The van der Waals surface area contributed by atoms with Crippen LogP contribution in [0, 0.1) is 0 Å². The van der Waals surface area contributed by atoms with E-state index in [0.29, 0.717) is 30.2 Å². The molecule has 1 fully saturated rings. The fraction of sp³-hybridized carbons (Fsp3) is 0.263. The molecule has 0 spiro atoms. The standard InChI is InChI=1S/C19H16F3N5O3/c1-18(16(28)24-9-10-29-18)17-27-26-15(30-17)13-3-2-8-23-14(13)25-12-6-4-11(5-7-12)19(20,21)22/h2-8H,9-10H2,1H3,(H,23,25)(H,24,28). The Balaban J connectivity index is 1.61. The molecule has 11 heteroatoms. The van der Waals surface area contributed by atoms with E-state index in [1.807, 2.05) is 0 Å². The molecule has 0 bridgehead atoms. The van der Waals surface area contributed by atoms with Gasteiger partial charge in [-0.25, -0.2) is 4.98 Å². The molecule has 1 aromatic carbocycles. The molecule has 1 saturated heterocycles. The van der Waals surface area contributed by atoms with E-state index in [1.165, 1.54) is 25.3 Å². The number of hydrogen-bond acceptors (Lipinski definition) is 7. The van der Waals surface area contributed by atoms with Crippen LogP contribution < -0.4 is 10.6 Å². The number of ether oxygens (including phenoxy) is 1.